The molecule has 12 N–H and O–H groups in total. The minimum Gasteiger partial charge on any atom is -0.497 e. The summed E-state index contributed by atoms with van der Waals surface area (Å²) < 4.78 is 18.2. The van der Waals surface area contributed by atoms with Gasteiger partial charge >= 0.3 is 0 Å². The second-order valence-electron chi connectivity index (χ2n) is 16.2. The molecule has 2 heterocycles. The third kappa shape index (κ3) is 13.5. The molecule has 1 saturated heterocycles. The summed E-state index contributed by atoms with van der Waals surface area (Å²) in [5, 5.41) is 52.8. The topological polar surface area (TPSA) is 336 Å². The molecule has 1 aliphatic rings. The Kier molecular flexibility index (Phi) is 19.1. The molecule has 22 nitrogen and oxygen atoms in total. The van der Waals surface area contributed by atoms with E-state index in [4.69, 9.17) is 25.7 Å². The fourth-order valence-electron chi connectivity index (χ4n) is 7.52. The number of carbonyl (C=O) groups is 7. The van der Waals surface area contributed by atoms with Crippen molar-refractivity contribution < 1.29 is 68.2 Å². The number of rotatable bonds is 22. The molecule has 2 unspecified atom stereocenters. The number of aromatic nitrogens is 1. The van der Waals surface area contributed by atoms with Gasteiger partial charge in [-0.25, -0.2) is 0 Å². The van der Waals surface area contributed by atoms with E-state index >= 15 is 0 Å². The average Bonchev–Trinajstić information content (AvgIpc) is 3.55. The number of amides is 6. The number of aliphatic hydroxyl groups is 4. The van der Waals surface area contributed by atoms with Crippen molar-refractivity contribution in [2.24, 2.45) is 11.5 Å². The van der Waals surface area contributed by atoms with Crippen LogP contribution in [0.3, 0.4) is 0 Å². The van der Waals surface area contributed by atoms with Crippen molar-refractivity contribution in [3.8, 4) is 5.75 Å². The van der Waals surface area contributed by atoms with E-state index in [9.17, 15) is 54.0 Å². The van der Waals surface area contributed by atoms with E-state index in [-0.39, 0.29) is 38.4 Å². The molecule has 4 rings (SSSR count). The van der Waals surface area contributed by atoms with Gasteiger partial charge in [-0.2, -0.15) is 0 Å². The Labute approximate surface area is 381 Å². The molecule has 0 saturated carbocycles. The van der Waals surface area contributed by atoms with E-state index in [0.29, 0.717) is 33.5 Å². The summed E-state index contributed by atoms with van der Waals surface area (Å²) in [5.74, 6) is -3.96. The third-order valence-electron chi connectivity index (χ3n) is 11.1. The maximum atomic E-state index is 13.9. The van der Waals surface area contributed by atoms with Gasteiger partial charge < -0.3 is 72.3 Å². The van der Waals surface area contributed by atoms with Gasteiger partial charge in [-0.1, -0.05) is 18.2 Å². The fraction of sp³-hybridized carbons (Fsp3) is 0.523. The number of nitrogens with one attached hydrogen (secondary N) is 4. The fourth-order valence-corrected chi connectivity index (χ4v) is 7.52. The zero-order valence-electron chi connectivity index (χ0n) is 37.8. The predicted molar refractivity (Wildman–Crippen MR) is 236 cm³/mol. The number of ether oxygens (including phenoxy) is 3. The molecule has 2 aromatic carbocycles. The number of fused-ring (bicyclic) bond motifs is 1. The van der Waals surface area contributed by atoms with Gasteiger partial charge in [0, 0.05) is 49.6 Å². The third-order valence-corrected chi connectivity index (χ3v) is 11.1. The molecule has 0 aliphatic carbocycles. The van der Waals surface area contributed by atoms with Crippen LogP contribution >= 0.6 is 0 Å². The second-order valence-corrected chi connectivity index (χ2v) is 16.2. The summed E-state index contributed by atoms with van der Waals surface area (Å²) in [6, 6.07) is 8.97. The average molecular weight is 927 g/mol. The Balaban J connectivity index is 1.46. The number of hydrogen-bond donors (Lipinski definition) is 10. The predicted octanol–water partition coefficient (Wildman–Crippen LogP) is -2.55. The summed E-state index contributed by atoms with van der Waals surface area (Å²) in [7, 11) is 1.50. The van der Waals surface area contributed by atoms with Gasteiger partial charge in [-0.3, -0.25) is 38.1 Å². The minimum absolute atomic E-state index is 0.167. The molecule has 22 heteroatoms. The lowest BCUT2D eigenvalue weighted by Gasteiger charge is -2.44. The maximum Gasteiger partial charge on any atom is 0.262 e. The van der Waals surface area contributed by atoms with Crippen molar-refractivity contribution >= 4 is 52.3 Å². The van der Waals surface area contributed by atoms with Crippen LogP contribution in [0.4, 0.5) is 0 Å². The summed E-state index contributed by atoms with van der Waals surface area (Å²) in [4.78, 5) is 92.0. The molecule has 1 aliphatic heterocycles. The van der Waals surface area contributed by atoms with Gasteiger partial charge in [0.1, 0.15) is 42.2 Å². The van der Waals surface area contributed by atoms with E-state index in [2.05, 4.69) is 21.3 Å². The number of primary amides is 1. The van der Waals surface area contributed by atoms with Gasteiger partial charge in [-0.15, -0.1) is 0 Å². The molecule has 0 radical (unpaired) electrons. The first-order chi connectivity index (χ1) is 31.2. The Morgan fingerprint density at radius 2 is 1.64 bits per heavy atom. The SMILES string of the molecule is COc1ccc2c(c1)c(CC(=O)NCC(O)CNC(=O)[C@H](C)N(CC(C)O[C@H]1[C@H](O)[C@@H](CO)O[C@H](O)[C@@H]1NC(C)=O)C(=O)CC[C@@H](NC(=O)[C@H](C)N)C(N)=O)c(C)n2C(=O)c1ccccc1. The number of benzene rings is 2. The zero-order chi connectivity index (χ0) is 49.0. The molecule has 3 aromatic rings. The first-order valence-corrected chi connectivity index (χ1v) is 21.4. The summed E-state index contributed by atoms with van der Waals surface area (Å²) >= 11 is 0. The van der Waals surface area contributed by atoms with Crippen molar-refractivity contribution in [3.63, 3.8) is 0 Å². The number of methoxy groups -OCH3 is 1. The van der Waals surface area contributed by atoms with Crippen molar-refractivity contribution in [3.05, 3.63) is 65.4 Å². The highest BCUT2D eigenvalue weighted by Gasteiger charge is 2.46. The van der Waals surface area contributed by atoms with E-state index in [0.717, 1.165) is 11.8 Å². The minimum atomic E-state index is -1.70. The molecule has 10 atom stereocenters. The van der Waals surface area contributed by atoms with Crippen molar-refractivity contribution in [2.75, 3.05) is 33.4 Å². The quantitative estimate of drug-likeness (QED) is 0.0496. The van der Waals surface area contributed by atoms with E-state index in [1.807, 2.05) is 0 Å². The smallest absolute Gasteiger partial charge is 0.262 e. The highest BCUT2D eigenvalue weighted by Crippen LogP contribution is 2.31. The molecule has 6 amide bonds. The Morgan fingerprint density at radius 3 is 2.24 bits per heavy atom. The second kappa shape index (κ2) is 24.0. The van der Waals surface area contributed by atoms with Gasteiger partial charge in [0.15, 0.2) is 6.29 Å². The summed E-state index contributed by atoms with van der Waals surface area (Å²) in [5.41, 5.74) is 13.2. The molecular formula is C44H62N8O14. The number of aliphatic hydroxyl groups excluding tert-OH is 4. The van der Waals surface area contributed by atoms with Crippen LogP contribution in [-0.4, -0.2) is 166 Å². The van der Waals surface area contributed by atoms with Gasteiger partial charge in [-0.05, 0) is 70.0 Å². The first kappa shape index (κ1) is 52.6. The molecule has 66 heavy (non-hydrogen) atoms. The Morgan fingerprint density at radius 1 is 0.970 bits per heavy atom. The van der Waals surface area contributed by atoms with Crippen LogP contribution in [0.1, 0.15) is 62.2 Å². The van der Waals surface area contributed by atoms with Crippen LogP contribution in [-0.2, 0) is 44.7 Å². The number of carbonyl (C=O) groups excluding carboxylic acids is 7. The van der Waals surface area contributed by atoms with Gasteiger partial charge in [0.05, 0.1) is 43.9 Å². The van der Waals surface area contributed by atoms with Crippen molar-refractivity contribution in [1.29, 1.82) is 0 Å². The van der Waals surface area contributed by atoms with E-state index in [1.54, 1.807) is 55.5 Å². The van der Waals surface area contributed by atoms with Crippen LogP contribution in [0, 0.1) is 6.92 Å². The van der Waals surface area contributed by atoms with Crippen LogP contribution in [0.15, 0.2) is 48.5 Å². The van der Waals surface area contributed by atoms with Crippen LogP contribution in [0.25, 0.3) is 10.9 Å². The Bertz CT molecular complexity index is 2200. The standard InChI is InChI=1S/C44H62N8O14/c1-22(65-39-37(49-26(5)54)44(63)66-34(21-53)38(39)58)20-51(36(57)15-13-32(40(46)59)50-41(60)23(2)45)25(4)42(61)48-19-28(55)18-47-35(56)17-30-24(3)52(43(62)27-10-8-7-9-11-27)33-14-12-29(64-6)16-31(30)33/h7-12,14,16,22-23,25,28,32,34,37-39,44,53,55,58,63H,13,15,17-21,45H2,1-6H3,(H2,46,59)(H,47,56)(H,48,61)(H,49,54)(H,50,60)/t22?,23-,25-,28?,32+,34+,37+,38+,39+,44-/m0/s1. The number of nitrogens with two attached hydrogens (primary N) is 2. The maximum absolute atomic E-state index is 13.9. The monoisotopic (exact) mass is 926 g/mol. The highest BCUT2D eigenvalue weighted by molar-refractivity contribution is 6.05. The van der Waals surface area contributed by atoms with Crippen LogP contribution in [0.2, 0.25) is 0 Å². The van der Waals surface area contributed by atoms with Gasteiger partial charge in [0.25, 0.3) is 5.91 Å². The molecule has 1 aromatic heterocycles. The molecular weight excluding hydrogens is 865 g/mol. The van der Waals surface area contributed by atoms with Crippen molar-refractivity contribution in [1.82, 2.24) is 30.7 Å². The lowest BCUT2D eigenvalue weighted by Crippen LogP contribution is -2.65. The molecule has 0 spiro atoms. The normalized spacial score (nSPS) is 20.5. The lowest BCUT2D eigenvalue weighted by molar-refractivity contribution is -0.268. The van der Waals surface area contributed by atoms with Gasteiger partial charge in [0.2, 0.25) is 35.4 Å². The van der Waals surface area contributed by atoms with Crippen LogP contribution in [0.5, 0.6) is 5.75 Å². The summed E-state index contributed by atoms with van der Waals surface area (Å²) in [6.45, 7) is 5.40. The largest absolute Gasteiger partial charge is 0.497 e. The molecule has 1 fully saturated rings. The zero-order valence-corrected chi connectivity index (χ0v) is 37.8. The lowest BCUT2D eigenvalue weighted by atomic mass is 9.96. The first-order valence-electron chi connectivity index (χ1n) is 21.4. The summed E-state index contributed by atoms with van der Waals surface area (Å²) in [6.07, 6.45) is -9.15. The number of nitrogens with zero attached hydrogens (tertiary/aromatic N) is 2. The van der Waals surface area contributed by atoms with Crippen LogP contribution < -0.4 is 37.5 Å². The van der Waals surface area contributed by atoms with E-state index < -0.39 is 109 Å². The van der Waals surface area contributed by atoms with Crippen molar-refractivity contribution in [2.45, 2.75) is 115 Å². The Hall–Kier alpha value is -6.01. The number of hydrogen-bond acceptors (Lipinski definition) is 15. The highest BCUT2D eigenvalue weighted by atomic mass is 16.6. The van der Waals surface area contributed by atoms with E-state index in [1.165, 1.54) is 32.4 Å². The molecule has 362 valence electrons. The molecule has 0 bridgehead atoms.